The lowest BCUT2D eigenvalue weighted by atomic mass is 9.97. The summed E-state index contributed by atoms with van der Waals surface area (Å²) in [6.45, 7) is -0.226. The molecule has 126 valence electrons. The molecule has 5 nitrogen and oxygen atoms in total. The van der Waals surface area contributed by atoms with Crippen molar-refractivity contribution >= 4 is 5.97 Å². The molecule has 2 bridgehead atoms. The summed E-state index contributed by atoms with van der Waals surface area (Å²) in [7, 11) is 2.13. The molecule has 0 saturated carbocycles. The monoisotopic (exact) mass is 383 g/mol. The number of carbonyl (C=O) groups is 1. The van der Waals surface area contributed by atoms with Gasteiger partial charge in [0.25, 0.3) is 0 Å². The smallest absolute Gasteiger partial charge is 1.00 e. The van der Waals surface area contributed by atoms with E-state index in [1.54, 1.807) is 0 Å². The van der Waals surface area contributed by atoms with Gasteiger partial charge in [0, 0.05) is 24.9 Å². The van der Waals surface area contributed by atoms with Crippen LogP contribution in [0.3, 0.4) is 0 Å². The van der Waals surface area contributed by atoms with Crippen molar-refractivity contribution in [2.24, 2.45) is 0 Å². The number of piperidine rings is 1. The Balaban J connectivity index is 0.00000104. The third kappa shape index (κ3) is 2.93. The molecule has 1 unspecified atom stereocenters. The number of halogens is 1. The SMILES string of the molecule is CN1[C@@H]2CC(OC(=O)[C@H](CO)c3ccccc3)C[C@H]1[C@@H]1O[C@@H]12.[Br-].[H+]. The first-order valence-corrected chi connectivity index (χ1v) is 7.92. The average Bonchev–Trinajstić information content (AvgIpc) is 3.27. The van der Waals surface area contributed by atoms with Crippen LogP contribution in [0.4, 0.5) is 0 Å². The van der Waals surface area contributed by atoms with E-state index >= 15 is 0 Å². The normalized spacial score (nSPS) is 35.8. The Morgan fingerprint density at radius 2 is 1.96 bits per heavy atom. The number of nitrogens with zero attached hydrogens (tertiary/aromatic N) is 1. The third-order valence-corrected chi connectivity index (χ3v) is 5.33. The Morgan fingerprint density at radius 1 is 1.35 bits per heavy atom. The highest BCUT2D eigenvalue weighted by Gasteiger charge is 2.62. The van der Waals surface area contributed by atoms with E-state index in [-0.39, 0.29) is 37.1 Å². The minimum atomic E-state index is -0.593. The number of carbonyl (C=O) groups excluding carboxylic acids is 1. The van der Waals surface area contributed by atoms with Crippen LogP contribution in [-0.2, 0) is 14.3 Å². The van der Waals surface area contributed by atoms with Gasteiger partial charge in [-0.05, 0) is 12.6 Å². The van der Waals surface area contributed by atoms with Crippen LogP contribution in [0.2, 0.25) is 0 Å². The molecule has 1 N–H and O–H groups in total. The highest BCUT2D eigenvalue weighted by atomic mass is 79.9. The number of ether oxygens (including phenoxy) is 2. The van der Waals surface area contributed by atoms with Crippen LogP contribution in [0.15, 0.2) is 30.3 Å². The number of benzene rings is 1. The molecule has 3 saturated heterocycles. The van der Waals surface area contributed by atoms with Gasteiger partial charge in [0.05, 0.1) is 6.61 Å². The van der Waals surface area contributed by atoms with Gasteiger partial charge in [0.2, 0.25) is 0 Å². The Labute approximate surface area is 147 Å². The first-order chi connectivity index (χ1) is 10.7. The van der Waals surface area contributed by atoms with E-state index in [2.05, 4.69) is 11.9 Å². The summed E-state index contributed by atoms with van der Waals surface area (Å²) in [6, 6.07) is 10.1. The van der Waals surface area contributed by atoms with Crippen LogP contribution in [0.5, 0.6) is 0 Å². The molecule has 3 fully saturated rings. The first kappa shape index (κ1) is 16.9. The molecule has 3 aliphatic heterocycles. The van der Waals surface area contributed by atoms with Crippen molar-refractivity contribution in [2.75, 3.05) is 13.7 Å². The molecule has 0 aliphatic carbocycles. The van der Waals surface area contributed by atoms with Crippen LogP contribution in [-0.4, -0.2) is 60.0 Å². The van der Waals surface area contributed by atoms with Crippen molar-refractivity contribution in [3.05, 3.63) is 35.9 Å². The van der Waals surface area contributed by atoms with Gasteiger partial charge in [-0.1, -0.05) is 30.3 Å². The maximum atomic E-state index is 12.4. The topological polar surface area (TPSA) is 62.3 Å². The fourth-order valence-electron chi connectivity index (χ4n) is 4.04. The summed E-state index contributed by atoms with van der Waals surface area (Å²) in [5.74, 6) is -0.915. The zero-order valence-corrected chi connectivity index (χ0v) is 14.6. The molecule has 0 spiro atoms. The Hall–Kier alpha value is -0.950. The number of hydrogen-bond donors (Lipinski definition) is 1. The van der Waals surface area contributed by atoms with Crippen molar-refractivity contribution in [2.45, 2.75) is 49.2 Å². The molecular formula is C17H22BrNO4. The zero-order valence-electron chi connectivity index (χ0n) is 14.0. The van der Waals surface area contributed by atoms with E-state index in [0.29, 0.717) is 24.3 Å². The summed E-state index contributed by atoms with van der Waals surface area (Å²) in [6.07, 6.45) is 2.26. The van der Waals surface area contributed by atoms with Gasteiger partial charge >= 0.3 is 7.40 Å². The summed E-state index contributed by atoms with van der Waals surface area (Å²) < 4.78 is 11.4. The molecule has 23 heavy (non-hydrogen) atoms. The fraction of sp³-hybridized carbons (Fsp3) is 0.588. The summed E-state index contributed by atoms with van der Waals surface area (Å²) >= 11 is 0. The van der Waals surface area contributed by atoms with Gasteiger partial charge in [-0.25, -0.2) is 0 Å². The summed E-state index contributed by atoms with van der Waals surface area (Å²) in [5, 5.41) is 9.56. The molecule has 0 amide bonds. The van der Waals surface area contributed by atoms with Crippen LogP contribution < -0.4 is 17.0 Å². The maximum absolute atomic E-state index is 12.4. The molecule has 0 radical (unpaired) electrons. The number of esters is 1. The number of morpholine rings is 1. The number of aliphatic hydroxyl groups is 1. The number of rotatable bonds is 4. The second-order valence-corrected chi connectivity index (χ2v) is 6.54. The predicted molar refractivity (Wildman–Crippen MR) is 80.5 cm³/mol. The zero-order chi connectivity index (χ0) is 15.3. The molecule has 6 atom stereocenters. The van der Waals surface area contributed by atoms with Gasteiger partial charge < -0.3 is 31.6 Å². The molecule has 1 aromatic rings. The summed E-state index contributed by atoms with van der Waals surface area (Å²) in [5.41, 5.74) is 0.803. The highest BCUT2D eigenvalue weighted by molar-refractivity contribution is 5.78. The standard InChI is InChI=1S/C17H21NO4.BrH/c1-18-13-7-11(8-14(18)16-15(13)22-16)21-17(20)12(9-19)10-5-3-2-4-6-10;/h2-6,11-16,19H,7-9H2,1H3;1H/t11?,12-,13-,14+,15-,16+;/m1./s1. The lowest BCUT2D eigenvalue weighted by Crippen LogP contribution is -3.00. The predicted octanol–water partition coefficient (Wildman–Crippen LogP) is -1.97. The van der Waals surface area contributed by atoms with Crippen LogP contribution in [0.25, 0.3) is 0 Å². The third-order valence-electron chi connectivity index (χ3n) is 5.33. The van der Waals surface area contributed by atoms with Crippen LogP contribution in [0, 0.1) is 0 Å². The second kappa shape index (κ2) is 6.51. The van der Waals surface area contributed by atoms with Gasteiger partial charge in [0.1, 0.15) is 24.2 Å². The fourth-order valence-corrected chi connectivity index (χ4v) is 4.04. The molecule has 0 aromatic heterocycles. The molecule has 4 rings (SSSR count). The Kier molecular flexibility index (Phi) is 4.78. The highest BCUT2D eigenvalue weighted by Crippen LogP contribution is 2.48. The van der Waals surface area contributed by atoms with E-state index in [0.717, 1.165) is 18.4 Å². The maximum Gasteiger partial charge on any atom is 1.00 e. The van der Waals surface area contributed by atoms with Crippen LogP contribution in [0.1, 0.15) is 25.7 Å². The summed E-state index contributed by atoms with van der Waals surface area (Å²) in [4.78, 5) is 14.8. The van der Waals surface area contributed by atoms with E-state index < -0.39 is 5.92 Å². The molecule has 1 aromatic carbocycles. The van der Waals surface area contributed by atoms with Gasteiger partial charge in [-0.15, -0.1) is 0 Å². The van der Waals surface area contributed by atoms with Crippen molar-refractivity contribution < 1.29 is 37.8 Å². The van der Waals surface area contributed by atoms with Gasteiger partial charge in [0.15, 0.2) is 0 Å². The van der Waals surface area contributed by atoms with Gasteiger partial charge in [-0.2, -0.15) is 0 Å². The average molecular weight is 384 g/mol. The molecule has 3 heterocycles. The van der Waals surface area contributed by atoms with Gasteiger partial charge in [-0.3, -0.25) is 9.69 Å². The minimum Gasteiger partial charge on any atom is -1.00 e. The largest absolute Gasteiger partial charge is 1.00 e. The molecule has 3 aliphatic rings. The Bertz CT molecular complexity index is 557. The number of likely N-dealkylation sites (N-methyl/N-ethyl adjacent to an activating group) is 1. The van der Waals surface area contributed by atoms with Crippen LogP contribution >= 0.6 is 0 Å². The van der Waals surface area contributed by atoms with Crippen molar-refractivity contribution in [3.8, 4) is 0 Å². The van der Waals surface area contributed by atoms with E-state index in [9.17, 15) is 9.90 Å². The lowest BCUT2D eigenvalue weighted by Gasteiger charge is -2.38. The number of hydrogen-bond acceptors (Lipinski definition) is 5. The van der Waals surface area contributed by atoms with E-state index in [1.165, 1.54) is 0 Å². The Morgan fingerprint density at radius 3 is 2.52 bits per heavy atom. The first-order valence-electron chi connectivity index (χ1n) is 7.92. The van der Waals surface area contributed by atoms with E-state index in [4.69, 9.17) is 9.47 Å². The molecule has 6 heteroatoms. The second-order valence-electron chi connectivity index (χ2n) is 6.54. The quantitative estimate of drug-likeness (QED) is 0.483. The number of epoxide rings is 1. The molecular weight excluding hydrogens is 362 g/mol. The number of fused-ring (bicyclic) bond motifs is 5. The lowest BCUT2D eigenvalue weighted by molar-refractivity contribution is -0.156. The van der Waals surface area contributed by atoms with Crippen molar-refractivity contribution in [1.82, 2.24) is 4.90 Å². The van der Waals surface area contributed by atoms with E-state index in [1.807, 2.05) is 30.3 Å². The van der Waals surface area contributed by atoms with Crippen molar-refractivity contribution in [1.29, 1.82) is 0 Å². The van der Waals surface area contributed by atoms with Crippen molar-refractivity contribution in [3.63, 3.8) is 0 Å². The minimum absolute atomic E-state index is 0. The number of aliphatic hydroxyl groups excluding tert-OH is 1.